The number of aromatic nitrogens is 1. The van der Waals surface area contributed by atoms with E-state index in [1.54, 1.807) is 31.6 Å². The van der Waals surface area contributed by atoms with Crippen LogP contribution in [0, 0.1) is 5.82 Å². The topological polar surface area (TPSA) is 34.2 Å². The quantitative estimate of drug-likeness (QED) is 0.915. The van der Waals surface area contributed by atoms with Gasteiger partial charge in [0.05, 0.1) is 24.4 Å². The number of rotatable bonds is 5. The van der Waals surface area contributed by atoms with Gasteiger partial charge in [0.15, 0.2) is 0 Å². The zero-order valence-corrected chi connectivity index (χ0v) is 12.1. The van der Waals surface area contributed by atoms with Crippen LogP contribution >= 0.6 is 11.6 Å². The van der Waals surface area contributed by atoms with E-state index in [9.17, 15) is 4.39 Å². The normalized spacial score (nSPS) is 12.2. The van der Waals surface area contributed by atoms with Crippen LogP contribution in [0.5, 0.6) is 5.75 Å². The van der Waals surface area contributed by atoms with E-state index in [1.165, 1.54) is 6.07 Å². The van der Waals surface area contributed by atoms with Crippen LogP contribution in [0.1, 0.15) is 24.1 Å². The van der Waals surface area contributed by atoms with Gasteiger partial charge in [-0.1, -0.05) is 30.7 Å². The van der Waals surface area contributed by atoms with E-state index < -0.39 is 5.82 Å². The number of halogens is 2. The van der Waals surface area contributed by atoms with E-state index in [2.05, 4.69) is 10.3 Å². The third-order valence-electron chi connectivity index (χ3n) is 3.00. The molecule has 0 amide bonds. The molecule has 106 valence electrons. The predicted molar refractivity (Wildman–Crippen MR) is 77.7 cm³/mol. The third kappa shape index (κ3) is 3.08. The van der Waals surface area contributed by atoms with Gasteiger partial charge < -0.3 is 10.1 Å². The Hall–Kier alpha value is -1.65. The first-order valence-corrected chi connectivity index (χ1v) is 6.71. The molecular formula is C15H16ClFN2O. The molecule has 1 aromatic heterocycles. The van der Waals surface area contributed by atoms with Crippen LogP contribution in [0.3, 0.4) is 0 Å². The van der Waals surface area contributed by atoms with Crippen LogP contribution in [0.4, 0.5) is 4.39 Å². The van der Waals surface area contributed by atoms with Crippen LogP contribution in [0.25, 0.3) is 0 Å². The molecule has 0 fully saturated rings. The third-order valence-corrected chi connectivity index (χ3v) is 3.40. The molecule has 2 rings (SSSR count). The number of benzene rings is 1. The first-order valence-electron chi connectivity index (χ1n) is 6.33. The van der Waals surface area contributed by atoms with Gasteiger partial charge in [-0.25, -0.2) is 4.39 Å². The lowest BCUT2D eigenvalue weighted by molar-refractivity contribution is 0.411. The number of nitrogens with zero attached hydrogens (tertiary/aromatic N) is 1. The molecule has 1 aromatic carbocycles. The summed E-state index contributed by atoms with van der Waals surface area (Å²) in [5, 5.41) is 3.41. The maximum atomic E-state index is 13.6. The molecule has 20 heavy (non-hydrogen) atoms. The second-order valence-electron chi connectivity index (χ2n) is 4.29. The van der Waals surface area contributed by atoms with Crippen molar-refractivity contribution in [3.63, 3.8) is 0 Å². The average molecular weight is 295 g/mol. The molecule has 3 nitrogen and oxygen atoms in total. The summed E-state index contributed by atoms with van der Waals surface area (Å²) in [6, 6.07) is 6.43. The number of hydrogen-bond acceptors (Lipinski definition) is 3. The summed E-state index contributed by atoms with van der Waals surface area (Å²) in [6.45, 7) is 2.70. The standard InChI is InChI=1S/C15H16ClFN2O/c1-3-19-15(10-7-11(20-2)9-18-8-10)12-5-4-6-13(17)14(12)16/h4-9,15,19H,3H2,1-2H3. The minimum Gasteiger partial charge on any atom is -0.495 e. The highest BCUT2D eigenvalue weighted by molar-refractivity contribution is 6.31. The van der Waals surface area contributed by atoms with Crippen LogP contribution in [-0.4, -0.2) is 18.6 Å². The van der Waals surface area contributed by atoms with Crippen molar-refractivity contribution in [2.45, 2.75) is 13.0 Å². The molecule has 1 N–H and O–H groups in total. The Labute approximate surface area is 122 Å². The van der Waals surface area contributed by atoms with Gasteiger partial charge in [-0.2, -0.15) is 0 Å². The van der Waals surface area contributed by atoms with Gasteiger partial charge in [-0.3, -0.25) is 4.98 Å². The van der Waals surface area contributed by atoms with E-state index in [-0.39, 0.29) is 11.1 Å². The van der Waals surface area contributed by atoms with Crippen LogP contribution in [0.2, 0.25) is 5.02 Å². The molecule has 2 aromatic rings. The molecule has 0 bridgehead atoms. The zero-order chi connectivity index (χ0) is 14.5. The van der Waals surface area contributed by atoms with Gasteiger partial charge >= 0.3 is 0 Å². The summed E-state index contributed by atoms with van der Waals surface area (Å²) in [4.78, 5) is 4.13. The Morgan fingerprint density at radius 3 is 2.90 bits per heavy atom. The summed E-state index contributed by atoms with van der Waals surface area (Å²) in [6.07, 6.45) is 3.34. The van der Waals surface area contributed by atoms with E-state index in [0.29, 0.717) is 17.9 Å². The Balaban J connectivity index is 2.47. The fraction of sp³-hybridized carbons (Fsp3) is 0.267. The molecule has 5 heteroatoms. The van der Waals surface area contributed by atoms with Crippen molar-refractivity contribution in [3.8, 4) is 5.75 Å². The Bertz CT molecular complexity index is 592. The molecule has 0 aliphatic rings. The molecule has 0 aliphatic heterocycles. The molecule has 1 atom stereocenters. The van der Waals surface area contributed by atoms with Crippen LogP contribution < -0.4 is 10.1 Å². The Morgan fingerprint density at radius 1 is 1.40 bits per heavy atom. The molecular weight excluding hydrogens is 279 g/mol. The van der Waals surface area contributed by atoms with Gasteiger partial charge in [0.2, 0.25) is 0 Å². The number of methoxy groups -OCH3 is 1. The number of pyridine rings is 1. The van der Waals surface area contributed by atoms with Crippen LogP contribution in [0.15, 0.2) is 36.7 Å². The number of nitrogens with one attached hydrogen (secondary N) is 1. The van der Waals surface area contributed by atoms with Crippen molar-refractivity contribution in [1.29, 1.82) is 0 Å². The van der Waals surface area contributed by atoms with Crippen molar-refractivity contribution >= 4 is 11.6 Å². The minimum atomic E-state index is -0.428. The molecule has 0 aliphatic carbocycles. The SMILES string of the molecule is CCNC(c1cncc(OC)c1)c1cccc(F)c1Cl. The maximum absolute atomic E-state index is 13.6. The highest BCUT2D eigenvalue weighted by atomic mass is 35.5. The summed E-state index contributed by atoms with van der Waals surface area (Å²) in [5.41, 5.74) is 1.56. The van der Waals surface area contributed by atoms with Crippen molar-refractivity contribution in [1.82, 2.24) is 10.3 Å². The maximum Gasteiger partial charge on any atom is 0.142 e. The molecule has 0 saturated carbocycles. The fourth-order valence-electron chi connectivity index (χ4n) is 2.06. The first kappa shape index (κ1) is 14.8. The highest BCUT2D eigenvalue weighted by Crippen LogP contribution is 2.30. The van der Waals surface area contributed by atoms with Gasteiger partial charge in [0.1, 0.15) is 11.6 Å². The van der Waals surface area contributed by atoms with Gasteiger partial charge in [0, 0.05) is 6.20 Å². The largest absolute Gasteiger partial charge is 0.495 e. The first-order chi connectivity index (χ1) is 9.67. The molecule has 0 radical (unpaired) electrons. The van der Waals surface area contributed by atoms with Gasteiger partial charge in [-0.15, -0.1) is 0 Å². The average Bonchev–Trinajstić information content (AvgIpc) is 2.48. The summed E-state index contributed by atoms with van der Waals surface area (Å²) >= 11 is 6.08. The zero-order valence-electron chi connectivity index (χ0n) is 11.4. The predicted octanol–water partition coefficient (Wildman–Crippen LogP) is 3.58. The van der Waals surface area contributed by atoms with Crippen molar-refractivity contribution < 1.29 is 9.13 Å². The minimum absolute atomic E-state index is 0.126. The smallest absolute Gasteiger partial charge is 0.142 e. The monoisotopic (exact) mass is 294 g/mol. The number of ether oxygens (including phenoxy) is 1. The summed E-state index contributed by atoms with van der Waals surface area (Å²) in [5.74, 6) is 0.223. The lowest BCUT2D eigenvalue weighted by Gasteiger charge is -2.20. The second kappa shape index (κ2) is 6.68. The van der Waals surface area contributed by atoms with Crippen molar-refractivity contribution in [2.75, 3.05) is 13.7 Å². The second-order valence-corrected chi connectivity index (χ2v) is 4.67. The lowest BCUT2D eigenvalue weighted by atomic mass is 9.99. The van der Waals surface area contributed by atoms with E-state index in [0.717, 1.165) is 5.56 Å². The molecule has 1 heterocycles. The summed E-state index contributed by atoms with van der Waals surface area (Å²) < 4.78 is 18.8. The lowest BCUT2D eigenvalue weighted by Crippen LogP contribution is -2.22. The van der Waals surface area contributed by atoms with Crippen LogP contribution in [-0.2, 0) is 0 Å². The summed E-state index contributed by atoms with van der Waals surface area (Å²) in [7, 11) is 1.58. The fourth-order valence-corrected chi connectivity index (χ4v) is 2.30. The Morgan fingerprint density at radius 2 is 2.20 bits per heavy atom. The van der Waals surface area contributed by atoms with E-state index >= 15 is 0 Å². The number of hydrogen-bond donors (Lipinski definition) is 1. The van der Waals surface area contributed by atoms with E-state index in [4.69, 9.17) is 16.3 Å². The molecule has 1 unspecified atom stereocenters. The Kier molecular flexibility index (Phi) is 4.93. The molecule has 0 spiro atoms. The van der Waals surface area contributed by atoms with Crippen molar-refractivity contribution in [2.24, 2.45) is 0 Å². The highest BCUT2D eigenvalue weighted by Gasteiger charge is 2.18. The molecule has 0 saturated heterocycles. The van der Waals surface area contributed by atoms with Gasteiger partial charge in [0.25, 0.3) is 0 Å². The van der Waals surface area contributed by atoms with Gasteiger partial charge in [-0.05, 0) is 29.8 Å². The van der Waals surface area contributed by atoms with E-state index in [1.807, 2.05) is 13.0 Å². The van der Waals surface area contributed by atoms with Crippen molar-refractivity contribution in [3.05, 3.63) is 58.6 Å².